The average molecular weight is 290 g/mol. The summed E-state index contributed by atoms with van der Waals surface area (Å²) in [5.41, 5.74) is 2.72. The van der Waals surface area contributed by atoms with E-state index in [0.717, 1.165) is 11.1 Å². The molecule has 20 heavy (non-hydrogen) atoms. The number of hydrogen-bond acceptors (Lipinski definition) is 3. The van der Waals surface area contributed by atoms with Crippen LogP contribution in [0.15, 0.2) is 51.7 Å². The Morgan fingerprint density at radius 2 is 2.00 bits per heavy atom. The minimum absolute atomic E-state index is 0.0819. The molecule has 3 aromatic rings. The van der Waals surface area contributed by atoms with E-state index in [1.165, 1.54) is 4.57 Å². The summed E-state index contributed by atoms with van der Waals surface area (Å²) in [5, 5.41) is 9.79. The molecule has 0 amide bonds. The van der Waals surface area contributed by atoms with Crippen LogP contribution in [-0.4, -0.2) is 9.67 Å². The molecule has 5 heteroatoms. The second-order valence-corrected chi connectivity index (χ2v) is 4.91. The van der Waals surface area contributed by atoms with Crippen molar-refractivity contribution >= 4 is 22.7 Å². The third-order valence-electron chi connectivity index (χ3n) is 3.20. The molecule has 4 nitrogen and oxygen atoms in total. The van der Waals surface area contributed by atoms with Crippen molar-refractivity contribution in [3.63, 3.8) is 0 Å². The number of aliphatic hydroxyl groups excluding tert-OH is 1. The number of halogens is 1. The highest BCUT2D eigenvalue weighted by molar-refractivity contribution is 6.31. The number of hydrogen-bond donors (Lipinski definition) is 1. The minimum Gasteiger partial charge on any atom is -0.408 e. The second-order valence-electron chi connectivity index (χ2n) is 4.51. The molecule has 0 aliphatic heterocycles. The van der Waals surface area contributed by atoms with Gasteiger partial charge in [0.15, 0.2) is 5.58 Å². The summed E-state index contributed by atoms with van der Waals surface area (Å²) in [6.45, 7) is 0.252. The molecule has 0 saturated carbocycles. The Morgan fingerprint density at radius 3 is 2.75 bits per heavy atom. The summed E-state index contributed by atoms with van der Waals surface area (Å²) in [7, 11) is 0. The fraction of sp³-hybridized carbons (Fsp3) is 0.133. The molecule has 0 fully saturated rings. The van der Waals surface area contributed by atoms with E-state index in [1.807, 2.05) is 18.2 Å². The van der Waals surface area contributed by atoms with Crippen molar-refractivity contribution in [2.75, 3.05) is 0 Å². The number of aromatic nitrogens is 1. The van der Waals surface area contributed by atoms with Crippen molar-refractivity contribution in [2.24, 2.45) is 0 Å². The van der Waals surface area contributed by atoms with Crippen LogP contribution in [0.5, 0.6) is 0 Å². The van der Waals surface area contributed by atoms with Crippen LogP contribution in [-0.2, 0) is 13.2 Å². The molecule has 0 radical (unpaired) electrons. The van der Waals surface area contributed by atoms with Crippen molar-refractivity contribution in [1.29, 1.82) is 0 Å². The maximum atomic E-state index is 11.9. The van der Waals surface area contributed by atoms with Crippen LogP contribution in [0, 0.1) is 0 Å². The monoisotopic (exact) mass is 289 g/mol. The third kappa shape index (κ3) is 2.24. The van der Waals surface area contributed by atoms with Crippen molar-refractivity contribution in [3.05, 3.63) is 69.2 Å². The summed E-state index contributed by atoms with van der Waals surface area (Å²) in [4.78, 5) is 11.9. The molecule has 0 unspecified atom stereocenters. The van der Waals surface area contributed by atoms with Crippen LogP contribution >= 0.6 is 11.6 Å². The van der Waals surface area contributed by atoms with Crippen LogP contribution in [0.3, 0.4) is 0 Å². The summed E-state index contributed by atoms with van der Waals surface area (Å²) < 4.78 is 6.70. The molecule has 0 aliphatic carbocycles. The Morgan fingerprint density at radius 1 is 1.20 bits per heavy atom. The lowest BCUT2D eigenvalue weighted by atomic mass is 10.2. The first-order chi connectivity index (χ1) is 9.69. The molecular weight excluding hydrogens is 278 g/mol. The molecule has 1 aromatic heterocycles. The summed E-state index contributed by atoms with van der Waals surface area (Å²) in [6, 6.07) is 12.5. The number of fused-ring (bicyclic) bond motifs is 1. The third-order valence-corrected chi connectivity index (χ3v) is 3.57. The van der Waals surface area contributed by atoms with E-state index in [-0.39, 0.29) is 6.61 Å². The smallest absolute Gasteiger partial charge is 0.408 e. The highest BCUT2D eigenvalue weighted by atomic mass is 35.5. The van der Waals surface area contributed by atoms with Crippen molar-refractivity contribution < 1.29 is 9.52 Å². The summed E-state index contributed by atoms with van der Waals surface area (Å²) in [5.74, 6) is -0.435. The van der Waals surface area contributed by atoms with Gasteiger partial charge in [0.1, 0.15) is 0 Å². The van der Waals surface area contributed by atoms with E-state index in [2.05, 4.69) is 0 Å². The van der Waals surface area contributed by atoms with Gasteiger partial charge in [-0.05, 0) is 29.3 Å². The van der Waals surface area contributed by atoms with E-state index >= 15 is 0 Å². The lowest BCUT2D eigenvalue weighted by Crippen LogP contribution is -2.15. The van der Waals surface area contributed by atoms with Crippen LogP contribution in [0.2, 0.25) is 5.02 Å². The first-order valence-electron chi connectivity index (χ1n) is 6.15. The SMILES string of the molecule is O=c1oc2ccc(CO)cc2n1Cc1ccccc1Cl. The van der Waals surface area contributed by atoms with E-state index < -0.39 is 5.76 Å². The number of aliphatic hydroxyl groups is 1. The van der Waals surface area contributed by atoms with Crippen molar-refractivity contribution in [2.45, 2.75) is 13.2 Å². The van der Waals surface area contributed by atoms with E-state index in [0.29, 0.717) is 22.7 Å². The van der Waals surface area contributed by atoms with Crippen LogP contribution in [0.1, 0.15) is 11.1 Å². The Balaban J connectivity index is 2.13. The Hall–Kier alpha value is -2.04. The van der Waals surface area contributed by atoms with Crippen LogP contribution in [0.25, 0.3) is 11.1 Å². The lowest BCUT2D eigenvalue weighted by Gasteiger charge is -2.05. The molecule has 2 aromatic carbocycles. The van der Waals surface area contributed by atoms with Gasteiger partial charge in [0.25, 0.3) is 0 Å². The van der Waals surface area contributed by atoms with Gasteiger partial charge in [-0.1, -0.05) is 35.9 Å². The molecule has 0 spiro atoms. The quantitative estimate of drug-likeness (QED) is 0.806. The number of oxazole rings is 1. The zero-order valence-corrected chi connectivity index (χ0v) is 11.3. The molecule has 0 saturated heterocycles. The molecule has 3 rings (SSSR count). The summed E-state index contributed by atoms with van der Waals surface area (Å²) in [6.07, 6.45) is 0. The number of rotatable bonds is 3. The Labute approximate surface area is 119 Å². The normalized spacial score (nSPS) is 11.1. The predicted molar refractivity (Wildman–Crippen MR) is 77.0 cm³/mol. The van der Waals surface area contributed by atoms with Gasteiger partial charge in [-0.3, -0.25) is 4.57 Å². The first-order valence-corrected chi connectivity index (χ1v) is 6.53. The highest BCUT2D eigenvalue weighted by Crippen LogP contribution is 2.20. The van der Waals surface area contributed by atoms with E-state index in [4.69, 9.17) is 16.0 Å². The fourth-order valence-corrected chi connectivity index (χ4v) is 2.35. The van der Waals surface area contributed by atoms with E-state index in [1.54, 1.807) is 24.3 Å². The van der Waals surface area contributed by atoms with Gasteiger partial charge >= 0.3 is 5.76 Å². The fourth-order valence-electron chi connectivity index (χ4n) is 2.15. The molecule has 102 valence electrons. The van der Waals surface area contributed by atoms with Crippen molar-refractivity contribution in [3.8, 4) is 0 Å². The molecule has 0 bridgehead atoms. The zero-order valence-electron chi connectivity index (χ0n) is 10.5. The molecule has 1 heterocycles. The topological polar surface area (TPSA) is 55.4 Å². The van der Waals surface area contributed by atoms with E-state index in [9.17, 15) is 9.90 Å². The van der Waals surface area contributed by atoms with Gasteiger partial charge in [-0.15, -0.1) is 0 Å². The van der Waals surface area contributed by atoms with Gasteiger partial charge in [-0.25, -0.2) is 4.79 Å². The van der Waals surface area contributed by atoms with Gasteiger partial charge in [0, 0.05) is 5.02 Å². The van der Waals surface area contributed by atoms with Crippen molar-refractivity contribution in [1.82, 2.24) is 4.57 Å². The average Bonchev–Trinajstić information content (AvgIpc) is 2.77. The minimum atomic E-state index is -0.435. The first kappa shape index (κ1) is 13.0. The highest BCUT2D eigenvalue weighted by Gasteiger charge is 2.11. The predicted octanol–water partition coefficient (Wildman–Crippen LogP) is 2.79. The van der Waals surface area contributed by atoms with Gasteiger partial charge in [-0.2, -0.15) is 0 Å². The number of nitrogens with zero attached hydrogens (tertiary/aromatic N) is 1. The zero-order chi connectivity index (χ0) is 14.1. The second kappa shape index (κ2) is 5.15. The lowest BCUT2D eigenvalue weighted by molar-refractivity contribution is 0.282. The van der Waals surface area contributed by atoms with Gasteiger partial charge < -0.3 is 9.52 Å². The molecular formula is C15H12ClNO3. The van der Waals surface area contributed by atoms with Gasteiger partial charge in [0.2, 0.25) is 0 Å². The van der Waals surface area contributed by atoms with Gasteiger partial charge in [0.05, 0.1) is 18.7 Å². The maximum Gasteiger partial charge on any atom is 0.420 e. The Bertz CT molecular complexity index is 819. The largest absolute Gasteiger partial charge is 0.420 e. The van der Waals surface area contributed by atoms with Crippen LogP contribution in [0.4, 0.5) is 0 Å². The van der Waals surface area contributed by atoms with Crippen LogP contribution < -0.4 is 5.76 Å². The standard InChI is InChI=1S/C15H12ClNO3/c16-12-4-2-1-3-11(12)8-17-13-7-10(9-18)5-6-14(13)20-15(17)19/h1-7,18H,8-9H2. The summed E-state index contributed by atoms with van der Waals surface area (Å²) >= 11 is 6.12. The Kier molecular flexibility index (Phi) is 3.34. The maximum absolute atomic E-state index is 11.9. The number of benzene rings is 2. The molecule has 0 aliphatic rings. The molecule has 0 atom stereocenters. The molecule has 1 N–H and O–H groups in total.